The van der Waals surface area contributed by atoms with Gasteiger partial charge in [0.05, 0.1) is 0 Å². The van der Waals surface area contributed by atoms with E-state index in [0.29, 0.717) is 5.82 Å². The molecule has 0 aliphatic carbocycles. The number of nitrogens with one attached hydrogen (secondary N) is 3. The highest BCUT2D eigenvalue weighted by Gasteiger charge is 2.21. The molecule has 2 heterocycles. The third kappa shape index (κ3) is 3.81. The number of hydrogen-bond donors (Lipinski definition) is 3. The number of aliphatic imine (C=N–C) groups is 1. The van der Waals surface area contributed by atoms with Gasteiger partial charge in [-0.25, -0.2) is 15.4 Å². The molecule has 0 saturated heterocycles. The number of H-pyrrole nitrogens is 1. The average Bonchev–Trinajstić information content (AvgIpc) is 3.47. The minimum atomic E-state index is -0.118. The summed E-state index contributed by atoms with van der Waals surface area (Å²) in [6, 6.07) is 20.9. The van der Waals surface area contributed by atoms with Crippen LogP contribution in [0.15, 0.2) is 65.7 Å². The fourth-order valence-electron chi connectivity index (χ4n) is 3.99. The maximum Gasteiger partial charge on any atom is 0.181 e. The fraction of sp³-hybridized carbons (Fsp3) is 0.192. The number of aromatic amines is 1. The smallest absolute Gasteiger partial charge is 0.181 e. The van der Waals surface area contributed by atoms with Crippen molar-refractivity contribution >= 4 is 5.84 Å². The van der Waals surface area contributed by atoms with E-state index in [-0.39, 0.29) is 6.17 Å². The molecule has 1 unspecified atom stereocenters. The maximum atomic E-state index is 4.89. The van der Waals surface area contributed by atoms with E-state index in [1.165, 1.54) is 27.8 Å². The van der Waals surface area contributed by atoms with E-state index >= 15 is 0 Å². The highest BCUT2D eigenvalue weighted by molar-refractivity contribution is 6.00. The zero-order valence-electron chi connectivity index (χ0n) is 18.7. The SMILES string of the molecule is Cc1ccc(C)c(-c2nc(-c3cccc(C4=NC(c5cc(C)ccc5C)NN4)c3)n[nH]2)c1. The Morgan fingerprint density at radius 2 is 1.53 bits per heavy atom. The Morgan fingerprint density at radius 1 is 0.781 bits per heavy atom. The van der Waals surface area contributed by atoms with Gasteiger partial charge in [0.2, 0.25) is 0 Å². The Morgan fingerprint density at radius 3 is 2.38 bits per heavy atom. The van der Waals surface area contributed by atoms with Crippen molar-refractivity contribution in [2.24, 2.45) is 4.99 Å². The second-order valence-corrected chi connectivity index (χ2v) is 8.42. The normalized spacial score (nSPS) is 15.5. The van der Waals surface area contributed by atoms with Gasteiger partial charge in [-0.15, -0.1) is 0 Å². The van der Waals surface area contributed by atoms with E-state index in [1.807, 2.05) is 18.2 Å². The minimum Gasteiger partial charge on any atom is -0.303 e. The number of amidine groups is 1. The van der Waals surface area contributed by atoms with Crippen molar-refractivity contribution in [2.45, 2.75) is 33.9 Å². The molecule has 0 fully saturated rings. The van der Waals surface area contributed by atoms with Crippen molar-refractivity contribution in [3.8, 4) is 22.8 Å². The van der Waals surface area contributed by atoms with Crippen LogP contribution in [0.1, 0.15) is 39.5 Å². The minimum absolute atomic E-state index is 0.118. The molecule has 0 radical (unpaired) electrons. The van der Waals surface area contributed by atoms with Crippen LogP contribution in [0.5, 0.6) is 0 Å². The monoisotopic (exact) mass is 422 g/mol. The van der Waals surface area contributed by atoms with Crippen LogP contribution in [0.2, 0.25) is 0 Å². The van der Waals surface area contributed by atoms with Gasteiger partial charge in [-0.3, -0.25) is 5.10 Å². The molecule has 1 aromatic heterocycles. The number of rotatable bonds is 4. The Labute approximate surface area is 187 Å². The number of hydrogen-bond acceptors (Lipinski definition) is 5. The molecule has 5 rings (SSSR count). The summed E-state index contributed by atoms with van der Waals surface area (Å²) in [6.45, 7) is 8.38. The third-order valence-electron chi connectivity index (χ3n) is 5.84. The lowest BCUT2D eigenvalue weighted by atomic mass is 10.0. The highest BCUT2D eigenvalue weighted by atomic mass is 15.5. The summed E-state index contributed by atoms with van der Waals surface area (Å²) in [4.78, 5) is 9.65. The molecular formula is C26H26N6. The van der Waals surface area contributed by atoms with Crippen LogP contribution in [0.3, 0.4) is 0 Å². The highest BCUT2D eigenvalue weighted by Crippen LogP contribution is 2.26. The number of nitrogens with zero attached hydrogens (tertiary/aromatic N) is 3. The van der Waals surface area contributed by atoms with Gasteiger partial charge in [-0.2, -0.15) is 5.10 Å². The summed E-state index contributed by atoms with van der Waals surface area (Å²) < 4.78 is 0. The lowest BCUT2D eigenvalue weighted by Crippen LogP contribution is -2.32. The molecule has 0 amide bonds. The Hall–Kier alpha value is -3.77. The van der Waals surface area contributed by atoms with Crippen LogP contribution < -0.4 is 10.9 Å². The predicted octanol–water partition coefficient (Wildman–Crippen LogP) is 4.93. The van der Waals surface area contributed by atoms with Crippen molar-refractivity contribution in [2.75, 3.05) is 0 Å². The van der Waals surface area contributed by atoms with Crippen LogP contribution in [0, 0.1) is 27.7 Å². The second kappa shape index (κ2) is 8.05. The topological polar surface area (TPSA) is 78.0 Å². The maximum absolute atomic E-state index is 4.89. The molecule has 1 aliphatic rings. The van der Waals surface area contributed by atoms with E-state index in [1.54, 1.807) is 0 Å². The van der Waals surface area contributed by atoms with Crippen LogP contribution in [-0.4, -0.2) is 21.0 Å². The van der Waals surface area contributed by atoms with E-state index < -0.39 is 0 Å². The van der Waals surface area contributed by atoms with Crippen molar-refractivity contribution in [3.63, 3.8) is 0 Å². The molecule has 0 bridgehead atoms. The van der Waals surface area contributed by atoms with Gasteiger partial charge in [-0.05, 0) is 56.5 Å². The Kier molecular flexibility index (Phi) is 5.07. The first-order valence-electron chi connectivity index (χ1n) is 10.8. The summed E-state index contributed by atoms with van der Waals surface area (Å²) in [6.07, 6.45) is -0.118. The molecular weight excluding hydrogens is 396 g/mol. The number of aryl methyl sites for hydroxylation is 4. The standard InChI is InChI=1S/C26H26N6/c1-15-8-10-17(3)21(12-15)25-27-23(29-31-25)19-6-5-7-20(14-19)24-28-26(32-30-24)22-13-16(2)9-11-18(22)4/h5-14,25,31H,1-4H3,(H,27,29)(H,28,30,32). The number of hydrazine groups is 1. The first-order chi connectivity index (χ1) is 15.5. The van der Waals surface area contributed by atoms with Gasteiger partial charge < -0.3 is 5.43 Å². The fourth-order valence-corrected chi connectivity index (χ4v) is 3.99. The van der Waals surface area contributed by atoms with Gasteiger partial charge in [0, 0.05) is 16.7 Å². The van der Waals surface area contributed by atoms with Crippen LogP contribution in [0.25, 0.3) is 22.8 Å². The molecule has 32 heavy (non-hydrogen) atoms. The molecule has 1 atom stereocenters. The zero-order chi connectivity index (χ0) is 22.2. The van der Waals surface area contributed by atoms with Crippen LogP contribution in [-0.2, 0) is 0 Å². The Bertz CT molecular complexity index is 1330. The first-order valence-corrected chi connectivity index (χ1v) is 10.8. The largest absolute Gasteiger partial charge is 0.303 e. The van der Waals surface area contributed by atoms with Gasteiger partial charge in [-0.1, -0.05) is 59.7 Å². The molecule has 3 N–H and O–H groups in total. The number of benzene rings is 3. The van der Waals surface area contributed by atoms with E-state index in [0.717, 1.165) is 28.4 Å². The summed E-state index contributed by atoms with van der Waals surface area (Å²) in [5.41, 5.74) is 15.5. The molecule has 6 heteroatoms. The molecule has 6 nitrogen and oxygen atoms in total. The van der Waals surface area contributed by atoms with E-state index in [4.69, 9.17) is 9.98 Å². The van der Waals surface area contributed by atoms with Gasteiger partial charge in [0.1, 0.15) is 12.0 Å². The average molecular weight is 423 g/mol. The van der Waals surface area contributed by atoms with Crippen molar-refractivity contribution < 1.29 is 0 Å². The lowest BCUT2D eigenvalue weighted by Gasteiger charge is -2.11. The molecule has 0 saturated carbocycles. The second-order valence-electron chi connectivity index (χ2n) is 8.42. The van der Waals surface area contributed by atoms with Crippen molar-refractivity contribution in [1.29, 1.82) is 0 Å². The van der Waals surface area contributed by atoms with Gasteiger partial charge in [0.15, 0.2) is 11.6 Å². The quantitative estimate of drug-likeness (QED) is 0.436. The van der Waals surface area contributed by atoms with Crippen LogP contribution >= 0.6 is 0 Å². The molecule has 0 spiro atoms. The summed E-state index contributed by atoms with van der Waals surface area (Å²) in [5.74, 6) is 2.25. The van der Waals surface area contributed by atoms with Crippen molar-refractivity contribution in [3.05, 3.63) is 94.0 Å². The molecule has 1 aliphatic heterocycles. The van der Waals surface area contributed by atoms with Crippen LogP contribution in [0.4, 0.5) is 0 Å². The third-order valence-corrected chi connectivity index (χ3v) is 5.84. The molecule has 3 aromatic carbocycles. The van der Waals surface area contributed by atoms with E-state index in [2.05, 4.69) is 91.2 Å². The van der Waals surface area contributed by atoms with Gasteiger partial charge in [0.25, 0.3) is 0 Å². The molecule has 160 valence electrons. The van der Waals surface area contributed by atoms with E-state index in [9.17, 15) is 0 Å². The lowest BCUT2D eigenvalue weighted by molar-refractivity contribution is 0.572. The Balaban J connectivity index is 1.44. The summed E-state index contributed by atoms with van der Waals surface area (Å²) in [7, 11) is 0. The first kappa shape index (κ1) is 20.2. The predicted molar refractivity (Wildman–Crippen MR) is 128 cm³/mol. The summed E-state index contributed by atoms with van der Waals surface area (Å²) in [5, 5.41) is 7.57. The van der Waals surface area contributed by atoms with Crippen molar-refractivity contribution in [1.82, 2.24) is 26.0 Å². The van der Waals surface area contributed by atoms with Gasteiger partial charge >= 0.3 is 0 Å². The molecule has 4 aromatic rings. The summed E-state index contributed by atoms with van der Waals surface area (Å²) >= 11 is 0. The number of aromatic nitrogens is 3. The zero-order valence-corrected chi connectivity index (χ0v) is 18.7.